The van der Waals surface area contributed by atoms with Crippen molar-refractivity contribution in [2.75, 3.05) is 4.72 Å². The highest BCUT2D eigenvalue weighted by atomic mass is 35.5. The zero-order valence-electron chi connectivity index (χ0n) is 11.7. The summed E-state index contributed by atoms with van der Waals surface area (Å²) in [4.78, 5) is 0.181. The van der Waals surface area contributed by atoms with Crippen LogP contribution in [0.1, 0.15) is 16.7 Å². The Hall–Kier alpha value is -1.56. The van der Waals surface area contributed by atoms with Gasteiger partial charge < -0.3 is 5.11 Å². The van der Waals surface area contributed by atoms with Gasteiger partial charge >= 0.3 is 0 Å². The maximum atomic E-state index is 12.5. The molecule has 2 aromatic rings. The first kappa shape index (κ1) is 15.8. The maximum absolute atomic E-state index is 12.5. The number of aliphatic hydroxyl groups excluding tert-OH is 1. The molecular formula is C15H16ClNO3S. The number of aryl methyl sites for hydroxylation is 2. The van der Waals surface area contributed by atoms with Crippen molar-refractivity contribution in [3.63, 3.8) is 0 Å². The van der Waals surface area contributed by atoms with Gasteiger partial charge in [0.1, 0.15) is 0 Å². The Bertz CT molecular complexity index is 772. The van der Waals surface area contributed by atoms with Gasteiger partial charge in [0.2, 0.25) is 0 Å². The third kappa shape index (κ3) is 3.56. The summed E-state index contributed by atoms with van der Waals surface area (Å²) in [6, 6.07) is 9.76. The SMILES string of the molecule is Cc1ccc(CO)cc1NS(=O)(=O)c1ccc(Cl)cc1C. The third-order valence-electron chi connectivity index (χ3n) is 3.16. The van der Waals surface area contributed by atoms with Crippen molar-refractivity contribution in [3.05, 3.63) is 58.1 Å². The van der Waals surface area contributed by atoms with E-state index in [0.29, 0.717) is 21.8 Å². The first-order chi connectivity index (χ1) is 9.83. The summed E-state index contributed by atoms with van der Waals surface area (Å²) in [5.74, 6) is 0. The van der Waals surface area contributed by atoms with E-state index < -0.39 is 10.0 Å². The molecule has 0 aliphatic heterocycles. The van der Waals surface area contributed by atoms with E-state index in [1.807, 2.05) is 0 Å². The lowest BCUT2D eigenvalue weighted by Crippen LogP contribution is -2.15. The molecule has 0 saturated heterocycles. The largest absolute Gasteiger partial charge is 0.392 e. The van der Waals surface area contributed by atoms with E-state index in [4.69, 9.17) is 16.7 Å². The molecule has 0 atom stereocenters. The van der Waals surface area contributed by atoms with E-state index >= 15 is 0 Å². The van der Waals surface area contributed by atoms with Crippen LogP contribution in [0.2, 0.25) is 5.02 Å². The van der Waals surface area contributed by atoms with E-state index in [0.717, 1.165) is 5.56 Å². The molecule has 0 radical (unpaired) electrons. The molecule has 2 aromatic carbocycles. The molecule has 0 unspecified atom stereocenters. The standard InChI is InChI=1S/C15H16ClNO3S/c1-10-3-4-12(9-18)8-14(10)17-21(19,20)15-6-5-13(16)7-11(15)2/h3-8,17-18H,9H2,1-2H3. The van der Waals surface area contributed by atoms with E-state index in [-0.39, 0.29) is 11.5 Å². The summed E-state index contributed by atoms with van der Waals surface area (Å²) in [5.41, 5.74) is 2.45. The summed E-state index contributed by atoms with van der Waals surface area (Å²) in [6.45, 7) is 3.35. The quantitative estimate of drug-likeness (QED) is 0.906. The molecule has 2 N–H and O–H groups in total. The van der Waals surface area contributed by atoms with Gasteiger partial charge in [-0.3, -0.25) is 4.72 Å². The molecule has 0 aliphatic carbocycles. The minimum Gasteiger partial charge on any atom is -0.392 e. The molecule has 4 nitrogen and oxygen atoms in total. The van der Waals surface area contributed by atoms with Crippen molar-refractivity contribution in [2.24, 2.45) is 0 Å². The number of anilines is 1. The monoisotopic (exact) mass is 325 g/mol. The molecule has 21 heavy (non-hydrogen) atoms. The zero-order chi connectivity index (χ0) is 15.6. The molecule has 0 fully saturated rings. The molecular weight excluding hydrogens is 310 g/mol. The first-order valence-corrected chi connectivity index (χ1v) is 8.19. The number of aliphatic hydroxyl groups is 1. The Morgan fingerprint density at radius 3 is 2.43 bits per heavy atom. The molecule has 0 amide bonds. The smallest absolute Gasteiger partial charge is 0.262 e. The predicted molar refractivity (Wildman–Crippen MR) is 84.1 cm³/mol. The van der Waals surface area contributed by atoms with Gasteiger partial charge in [-0.05, 0) is 54.8 Å². The van der Waals surface area contributed by atoms with Crippen molar-refractivity contribution < 1.29 is 13.5 Å². The second-order valence-corrected chi connectivity index (χ2v) is 6.91. The zero-order valence-corrected chi connectivity index (χ0v) is 13.3. The second kappa shape index (κ2) is 6.05. The van der Waals surface area contributed by atoms with Gasteiger partial charge in [0, 0.05) is 5.02 Å². The third-order valence-corrected chi connectivity index (χ3v) is 4.92. The number of benzene rings is 2. The molecule has 0 bridgehead atoms. The van der Waals surface area contributed by atoms with Crippen molar-refractivity contribution in [2.45, 2.75) is 25.3 Å². The van der Waals surface area contributed by atoms with Crippen molar-refractivity contribution >= 4 is 27.3 Å². The number of rotatable bonds is 4. The van der Waals surface area contributed by atoms with Crippen LogP contribution in [-0.4, -0.2) is 13.5 Å². The van der Waals surface area contributed by atoms with E-state index in [1.165, 1.54) is 6.07 Å². The molecule has 2 rings (SSSR count). The second-order valence-electron chi connectivity index (χ2n) is 4.82. The van der Waals surface area contributed by atoms with Gasteiger partial charge in [0.05, 0.1) is 17.2 Å². The highest BCUT2D eigenvalue weighted by Gasteiger charge is 2.18. The van der Waals surface area contributed by atoms with Crippen LogP contribution in [0.3, 0.4) is 0 Å². The van der Waals surface area contributed by atoms with Crippen LogP contribution in [0.5, 0.6) is 0 Å². The Labute approximate surface area is 129 Å². The van der Waals surface area contributed by atoms with Crippen molar-refractivity contribution in [3.8, 4) is 0 Å². The van der Waals surface area contributed by atoms with Gasteiger partial charge in [-0.15, -0.1) is 0 Å². The Balaban J connectivity index is 2.42. The van der Waals surface area contributed by atoms with Gasteiger partial charge in [0.15, 0.2) is 0 Å². The van der Waals surface area contributed by atoms with Crippen LogP contribution in [0.15, 0.2) is 41.3 Å². The number of nitrogens with one attached hydrogen (secondary N) is 1. The van der Waals surface area contributed by atoms with E-state index in [9.17, 15) is 8.42 Å². The molecule has 6 heteroatoms. The lowest BCUT2D eigenvalue weighted by Gasteiger charge is -2.13. The Morgan fingerprint density at radius 2 is 1.81 bits per heavy atom. The number of hydrogen-bond donors (Lipinski definition) is 2. The summed E-state index contributed by atoms with van der Waals surface area (Å²) < 4.78 is 27.5. The highest BCUT2D eigenvalue weighted by Crippen LogP contribution is 2.24. The van der Waals surface area contributed by atoms with Gasteiger partial charge in [-0.2, -0.15) is 0 Å². The lowest BCUT2D eigenvalue weighted by molar-refractivity contribution is 0.282. The fourth-order valence-corrected chi connectivity index (χ4v) is 3.57. The summed E-state index contributed by atoms with van der Waals surface area (Å²) in [7, 11) is -3.70. The Morgan fingerprint density at radius 1 is 1.10 bits per heavy atom. The maximum Gasteiger partial charge on any atom is 0.262 e. The fourth-order valence-electron chi connectivity index (χ4n) is 1.99. The van der Waals surface area contributed by atoms with E-state index in [2.05, 4.69) is 4.72 Å². The van der Waals surface area contributed by atoms with E-state index in [1.54, 1.807) is 44.2 Å². The van der Waals surface area contributed by atoms with Crippen LogP contribution in [0, 0.1) is 13.8 Å². The minimum atomic E-state index is -3.70. The normalized spacial score (nSPS) is 11.4. The molecule has 0 heterocycles. The predicted octanol–water partition coefficient (Wildman–Crippen LogP) is 3.25. The Kier molecular flexibility index (Phi) is 4.56. The van der Waals surface area contributed by atoms with Crippen LogP contribution >= 0.6 is 11.6 Å². The van der Waals surface area contributed by atoms with Gasteiger partial charge in [0.25, 0.3) is 10.0 Å². The fraction of sp³-hybridized carbons (Fsp3) is 0.200. The molecule has 112 valence electrons. The van der Waals surface area contributed by atoms with Gasteiger partial charge in [-0.25, -0.2) is 8.42 Å². The average Bonchev–Trinajstić information content (AvgIpc) is 2.40. The number of sulfonamides is 1. The minimum absolute atomic E-state index is 0.144. The van der Waals surface area contributed by atoms with Crippen LogP contribution in [0.4, 0.5) is 5.69 Å². The summed E-state index contributed by atoms with van der Waals surface area (Å²) in [5, 5.41) is 9.64. The van der Waals surface area contributed by atoms with Crippen LogP contribution in [0.25, 0.3) is 0 Å². The number of halogens is 1. The topological polar surface area (TPSA) is 66.4 Å². The van der Waals surface area contributed by atoms with Crippen molar-refractivity contribution in [1.82, 2.24) is 0 Å². The number of hydrogen-bond acceptors (Lipinski definition) is 3. The van der Waals surface area contributed by atoms with Crippen molar-refractivity contribution in [1.29, 1.82) is 0 Å². The molecule has 0 saturated carbocycles. The van der Waals surface area contributed by atoms with Crippen LogP contribution < -0.4 is 4.72 Å². The molecule has 0 aromatic heterocycles. The average molecular weight is 326 g/mol. The first-order valence-electron chi connectivity index (χ1n) is 6.33. The lowest BCUT2D eigenvalue weighted by atomic mass is 10.1. The highest BCUT2D eigenvalue weighted by molar-refractivity contribution is 7.92. The molecule has 0 aliphatic rings. The summed E-state index contributed by atoms with van der Waals surface area (Å²) >= 11 is 5.85. The molecule has 0 spiro atoms. The van der Waals surface area contributed by atoms with Gasteiger partial charge in [-0.1, -0.05) is 23.7 Å². The van der Waals surface area contributed by atoms with Crippen LogP contribution in [-0.2, 0) is 16.6 Å². The summed E-state index contributed by atoms with van der Waals surface area (Å²) in [6.07, 6.45) is 0.